The number of nitrogens with zero attached hydrogens (tertiary/aromatic N) is 1. The van der Waals surface area contributed by atoms with Crippen LogP contribution in [0.3, 0.4) is 0 Å². The molecule has 0 saturated carbocycles. The zero-order valence-electron chi connectivity index (χ0n) is 10.7. The molecule has 0 aliphatic heterocycles. The van der Waals surface area contributed by atoms with Gasteiger partial charge in [0.05, 0.1) is 19.8 Å². The monoisotopic (exact) mass is 316 g/mol. The van der Waals surface area contributed by atoms with Crippen LogP contribution in [0, 0.1) is 0 Å². The number of aliphatic hydroxyl groups excluding tert-OH is 1. The maximum absolute atomic E-state index is 8.63. The van der Waals surface area contributed by atoms with E-state index in [9.17, 15) is 0 Å². The van der Waals surface area contributed by atoms with E-state index < -0.39 is 0 Å². The third kappa shape index (κ3) is 5.35. The number of nitrogen functional groups attached to an aromatic ring is 1. The van der Waals surface area contributed by atoms with Crippen LogP contribution < -0.4 is 5.73 Å². The van der Waals surface area contributed by atoms with Crippen molar-refractivity contribution in [2.45, 2.75) is 13.5 Å². The van der Waals surface area contributed by atoms with E-state index in [1.807, 2.05) is 18.2 Å². The van der Waals surface area contributed by atoms with Crippen molar-refractivity contribution in [2.75, 3.05) is 38.6 Å². The average Bonchev–Trinajstić information content (AvgIpc) is 2.35. The molecule has 1 rings (SSSR count). The average molecular weight is 317 g/mol. The fraction of sp³-hybridized carbons (Fsp3) is 0.538. The molecule has 3 N–H and O–H groups in total. The maximum atomic E-state index is 8.63. The van der Waals surface area contributed by atoms with E-state index >= 15 is 0 Å². The molecule has 0 bridgehead atoms. The molecule has 1 aromatic carbocycles. The number of likely N-dealkylation sites (N-methyl/N-ethyl adjacent to an activating group) is 1. The molecule has 102 valence electrons. The normalized spacial score (nSPS) is 11.1. The number of ether oxygens (including phenoxy) is 1. The van der Waals surface area contributed by atoms with Gasteiger partial charge in [-0.05, 0) is 24.2 Å². The number of hydrogen-bond acceptors (Lipinski definition) is 4. The summed E-state index contributed by atoms with van der Waals surface area (Å²) in [5, 5.41) is 8.63. The first-order valence-electron chi connectivity index (χ1n) is 6.12. The minimum atomic E-state index is 0.0790. The van der Waals surface area contributed by atoms with Gasteiger partial charge in [-0.15, -0.1) is 0 Å². The van der Waals surface area contributed by atoms with Gasteiger partial charge < -0.3 is 15.6 Å². The summed E-state index contributed by atoms with van der Waals surface area (Å²) < 4.78 is 6.32. The number of rotatable bonds is 8. The van der Waals surface area contributed by atoms with E-state index in [2.05, 4.69) is 27.8 Å². The molecule has 0 saturated heterocycles. The van der Waals surface area contributed by atoms with Crippen LogP contribution >= 0.6 is 15.9 Å². The topological polar surface area (TPSA) is 58.7 Å². The van der Waals surface area contributed by atoms with Crippen LogP contribution in [0.4, 0.5) is 5.69 Å². The summed E-state index contributed by atoms with van der Waals surface area (Å²) >= 11 is 3.53. The molecule has 0 radical (unpaired) electrons. The number of anilines is 1. The molecule has 0 atom stereocenters. The van der Waals surface area contributed by atoms with E-state index in [0.29, 0.717) is 13.2 Å². The molecule has 0 spiro atoms. The first-order valence-corrected chi connectivity index (χ1v) is 6.91. The third-order valence-corrected chi connectivity index (χ3v) is 3.44. The standard InChI is InChI=1S/C13H21BrN2O2/c1-2-16(5-7-18-8-6-17)10-11-3-4-12(15)9-13(11)14/h3-4,9,17H,2,5-8,10,15H2,1H3. The van der Waals surface area contributed by atoms with Crippen molar-refractivity contribution in [3.05, 3.63) is 28.2 Å². The largest absolute Gasteiger partial charge is 0.399 e. The molecule has 0 heterocycles. The fourth-order valence-corrected chi connectivity index (χ4v) is 2.16. The fourth-order valence-electron chi connectivity index (χ4n) is 1.64. The molecule has 0 aromatic heterocycles. The van der Waals surface area contributed by atoms with Crippen LogP contribution in [-0.4, -0.2) is 42.9 Å². The second kappa shape index (κ2) is 8.48. The van der Waals surface area contributed by atoms with Gasteiger partial charge in [0.2, 0.25) is 0 Å². The number of halogens is 1. The Labute approximate surface area is 117 Å². The summed E-state index contributed by atoms with van der Waals surface area (Å²) in [6.45, 7) is 5.92. The summed E-state index contributed by atoms with van der Waals surface area (Å²) in [5.41, 5.74) is 7.70. The highest BCUT2D eigenvalue weighted by atomic mass is 79.9. The highest BCUT2D eigenvalue weighted by Crippen LogP contribution is 2.21. The van der Waals surface area contributed by atoms with Gasteiger partial charge in [-0.3, -0.25) is 4.90 Å². The van der Waals surface area contributed by atoms with Crippen molar-refractivity contribution in [3.8, 4) is 0 Å². The number of hydrogen-bond donors (Lipinski definition) is 2. The lowest BCUT2D eigenvalue weighted by Crippen LogP contribution is -2.27. The molecule has 0 unspecified atom stereocenters. The minimum absolute atomic E-state index is 0.0790. The van der Waals surface area contributed by atoms with Gasteiger partial charge in [0.15, 0.2) is 0 Å². The first-order chi connectivity index (χ1) is 8.67. The SMILES string of the molecule is CCN(CCOCCO)Cc1ccc(N)cc1Br. The maximum Gasteiger partial charge on any atom is 0.0698 e. The number of benzene rings is 1. The van der Waals surface area contributed by atoms with E-state index in [0.717, 1.165) is 29.8 Å². The Morgan fingerprint density at radius 2 is 2.17 bits per heavy atom. The van der Waals surface area contributed by atoms with Crippen molar-refractivity contribution >= 4 is 21.6 Å². The summed E-state index contributed by atoms with van der Waals surface area (Å²) in [6.07, 6.45) is 0. The number of nitrogens with two attached hydrogens (primary N) is 1. The van der Waals surface area contributed by atoms with E-state index in [1.165, 1.54) is 5.56 Å². The lowest BCUT2D eigenvalue weighted by molar-refractivity contribution is 0.0732. The molecule has 0 amide bonds. The lowest BCUT2D eigenvalue weighted by Gasteiger charge is -2.21. The first kappa shape index (κ1) is 15.4. The smallest absolute Gasteiger partial charge is 0.0698 e. The Morgan fingerprint density at radius 3 is 2.78 bits per heavy atom. The molecular formula is C13H21BrN2O2. The second-order valence-electron chi connectivity index (χ2n) is 4.06. The summed E-state index contributed by atoms with van der Waals surface area (Å²) in [5.74, 6) is 0. The van der Waals surface area contributed by atoms with Crippen LogP contribution in [0.5, 0.6) is 0 Å². The Kier molecular flexibility index (Phi) is 7.27. The lowest BCUT2D eigenvalue weighted by atomic mass is 10.2. The van der Waals surface area contributed by atoms with Crippen LogP contribution in [0.15, 0.2) is 22.7 Å². The molecule has 18 heavy (non-hydrogen) atoms. The van der Waals surface area contributed by atoms with Gasteiger partial charge in [-0.2, -0.15) is 0 Å². The predicted octanol–water partition coefficient (Wildman–Crippen LogP) is 1.86. The molecule has 0 aliphatic rings. The van der Waals surface area contributed by atoms with Crippen molar-refractivity contribution in [3.63, 3.8) is 0 Å². The number of aliphatic hydroxyl groups is 1. The Morgan fingerprint density at radius 1 is 1.39 bits per heavy atom. The zero-order chi connectivity index (χ0) is 13.4. The van der Waals surface area contributed by atoms with Crippen molar-refractivity contribution in [1.82, 2.24) is 4.90 Å². The Bertz CT molecular complexity index is 361. The molecule has 0 fully saturated rings. The molecule has 4 nitrogen and oxygen atoms in total. The predicted molar refractivity (Wildman–Crippen MR) is 77.4 cm³/mol. The second-order valence-corrected chi connectivity index (χ2v) is 4.91. The highest BCUT2D eigenvalue weighted by molar-refractivity contribution is 9.10. The minimum Gasteiger partial charge on any atom is -0.399 e. The van der Waals surface area contributed by atoms with E-state index in [4.69, 9.17) is 15.6 Å². The Hall–Kier alpha value is -0.620. The summed E-state index contributed by atoms with van der Waals surface area (Å²) in [4.78, 5) is 2.29. The highest BCUT2D eigenvalue weighted by Gasteiger charge is 2.06. The molecule has 0 aliphatic carbocycles. The van der Waals surface area contributed by atoms with Crippen LogP contribution in [-0.2, 0) is 11.3 Å². The van der Waals surface area contributed by atoms with Gasteiger partial charge in [0.25, 0.3) is 0 Å². The third-order valence-electron chi connectivity index (χ3n) is 2.71. The quantitative estimate of drug-likeness (QED) is 0.568. The Balaban J connectivity index is 2.46. The van der Waals surface area contributed by atoms with Gasteiger partial charge in [0.1, 0.15) is 0 Å². The van der Waals surface area contributed by atoms with Crippen molar-refractivity contribution in [1.29, 1.82) is 0 Å². The molecule has 1 aromatic rings. The van der Waals surface area contributed by atoms with Crippen LogP contribution in [0.2, 0.25) is 0 Å². The molecular weight excluding hydrogens is 296 g/mol. The van der Waals surface area contributed by atoms with Crippen molar-refractivity contribution < 1.29 is 9.84 Å². The zero-order valence-corrected chi connectivity index (χ0v) is 12.3. The van der Waals surface area contributed by atoms with Crippen LogP contribution in [0.1, 0.15) is 12.5 Å². The van der Waals surface area contributed by atoms with E-state index in [1.54, 1.807) is 0 Å². The molecule has 5 heteroatoms. The van der Waals surface area contributed by atoms with Crippen molar-refractivity contribution in [2.24, 2.45) is 0 Å². The van der Waals surface area contributed by atoms with Gasteiger partial charge in [-0.25, -0.2) is 0 Å². The van der Waals surface area contributed by atoms with Gasteiger partial charge >= 0.3 is 0 Å². The summed E-state index contributed by atoms with van der Waals surface area (Å²) in [7, 11) is 0. The van der Waals surface area contributed by atoms with E-state index in [-0.39, 0.29) is 6.61 Å². The van der Waals surface area contributed by atoms with Crippen LogP contribution in [0.25, 0.3) is 0 Å². The summed E-state index contributed by atoms with van der Waals surface area (Å²) in [6, 6.07) is 5.87. The van der Waals surface area contributed by atoms with Gasteiger partial charge in [-0.1, -0.05) is 28.9 Å². The van der Waals surface area contributed by atoms with Gasteiger partial charge in [0, 0.05) is 23.2 Å².